The van der Waals surface area contributed by atoms with E-state index in [1.807, 2.05) is 7.05 Å². The van der Waals surface area contributed by atoms with E-state index in [1.54, 1.807) is 13.4 Å². The molecule has 0 amide bonds. The molecule has 2 atom stereocenters. The van der Waals surface area contributed by atoms with E-state index in [0.29, 0.717) is 23.5 Å². The van der Waals surface area contributed by atoms with Gasteiger partial charge in [-0.3, -0.25) is 0 Å². The number of likely N-dealkylation sites (tertiary alicyclic amines) is 1. The molecule has 0 bridgehead atoms. The summed E-state index contributed by atoms with van der Waals surface area (Å²) in [6.45, 7) is 4.47. The van der Waals surface area contributed by atoms with Crippen molar-refractivity contribution < 1.29 is 4.74 Å². The third-order valence-corrected chi connectivity index (χ3v) is 3.68. The molecule has 106 valence electrons. The smallest absolute Gasteiger partial charge is 0.204 e. The summed E-state index contributed by atoms with van der Waals surface area (Å²) in [4.78, 5) is 10.8. The summed E-state index contributed by atoms with van der Waals surface area (Å²) in [5.41, 5.74) is 0. The van der Waals surface area contributed by atoms with E-state index in [0.717, 1.165) is 25.3 Å². The minimum atomic E-state index is 0.421. The molecular formula is C13H23N5O. The number of hydrogen-bond acceptors (Lipinski definition) is 6. The Bertz CT molecular complexity index is 425. The molecule has 1 aliphatic rings. The zero-order valence-corrected chi connectivity index (χ0v) is 12.1. The topological polar surface area (TPSA) is 62.3 Å². The fraction of sp³-hybridized carbons (Fsp3) is 0.692. The number of methoxy groups -OCH3 is 1. The monoisotopic (exact) mass is 265 g/mol. The molecule has 0 spiro atoms. The number of ether oxygens (including phenoxy) is 1. The van der Waals surface area contributed by atoms with Crippen molar-refractivity contribution in [1.82, 2.24) is 14.9 Å². The Labute approximate surface area is 114 Å². The van der Waals surface area contributed by atoms with E-state index in [9.17, 15) is 0 Å². The van der Waals surface area contributed by atoms with E-state index < -0.39 is 0 Å². The molecule has 1 fully saturated rings. The lowest BCUT2D eigenvalue weighted by atomic mass is 9.94. The molecule has 0 radical (unpaired) electrons. The highest BCUT2D eigenvalue weighted by Crippen LogP contribution is 2.30. The molecule has 2 heterocycles. The first-order valence-electron chi connectivity index (χ1n) is 6.67. The van der Waals surface area contributed by atoms with E-state index >= 15 is 0 Å². The number of aromatic nitrogens is 2. The number of nitrogens with one attached hydrogen (secondary N) is 2. The molecule has 0 aliphatic carbocycles. The molecule has 2 N–H and O–H groups in total. The summed E-state index contributed by atoms with van der Waals surface area (Å²) in [5, 5.41) is 6.52. The van der Waals surface area contributed by atoms with Crippen molar-refractivity contribution in [2.24, 2.45) is 5.92 Å². The van der Waals surface area contributed by atoms with Crippen molar-refractivity contribution in [3.05, 3.63) is 6.33 Å². The largest absolute Gasteiger partial charge is 0.490 e. The lowest BCUT2D eigenvalue weighted by Gasteiger charge is -2.35. The summed E-state index contributed by atoms with van der Waals surface area (Å²) in [6, 6.07) is 0.421. The maximum atomic E-state index is 5.40. The van der Waals surface area contributed by atoms with Crippen LogP contribution >= 0.6 is 0 Å². The van der Waals surface area contributed by atoms with Crippen molar-refractivity contribution >= 4 is 11.6 Å². The van der Waals surface area contributed by atoms with Crippen LogP contribution in [0.5, 0.6) is 5.75 Å². The lowest BCUT2D eigenvalue weighted by molar-refractivity contribution is 0.205. The van der Waals surface area contributed by atoms with Crippen LogP contribution in [0.25, 0.3) is 0 Å². The average Bonchev–Trinajstić information content (AvgIpc) is 2.41. The molecule has 1 aromatic heterocycles. The zero-order chi connectivity index (χ0) is 13.8. The van der Waals surface area contributed by atoms with Gasteiger partial charge in [0.2, 0.25) is 5.75 Å². The van der Waals surface area contributed by atoms with Gasteiger partial charge in [0, 0.05) is 19.6 Å². The zero-order valence-electron chi connectivity index (χ0n) is 12.1. The second-order valence-electron chi connectivity index (χ2n) is 5.13. The van der Waals surface area contributed by atoms with Gasteiger partial charge in [-0.05, 0) is 25.9 Å². The first-order chi connectivity index (χ1) is 9.15. The number of rotatable bonds is 4. The summed E-state index contributed by atoms with van der Waals surface area (Å²) in [5.74, 6) is 2.73. The van der Waals surface area contributed by atoms with Crippen LogP contribution in [0.15, 0.2) is 6.33 Å². The predicted molar refractivity (Wildman–Crippen MR) is 76.8 cm³/mol. The van der Waals surface area contributed by atoms with Gasteiger partial charge in [-0.1, -0.05) is 6.92 Å². The normalized spacial score (nSPS) is 24.0. The Morgan fingerprint density at radius 1 is 1.37 bits per heavy atom. The fourth-order valence-electron chi connectivity index (χ4n) is 2.59. The molecule has 2 rings (SSSR count). The third kappa shape index (κ3) is 3.07. The first-order valence-corrected chi connectivity index (χ1v) is 6.67. The molecule has 1 saturated heterocycles. The van der Waals surface area contributed by atoms with Crippen LogP contribution in [0.1, 0.15) is 13.3 Å². The summed E-state index contributed by atoms with van der Waals surface area (Å²) < 4.78 is 5.40. The summed E-state index contributed by atoms with van der Waals surface area (Å²) in [7, 11) is 5.63. The van der Waals surface area contributed by atoms with E-state index in [1.165, 1.54) is 0 Å². The minimum absolute atomic E-state index is 0.421. The van der Waals surface area contributed by atoms with Gasteiger partial charge in [-0.15, -0.1) is 0 Å². The maximum absolute atomic E-state index is 5.40. The summed E-state index contributed by atoms with van der Waals surface area (Å²) >= 11 is 0. The van der Waals surface area contributed by atoms with Crippen LogP contribution in [-0.2, 0) is 0 Å². The van der Waals surface area contributed by atoms with Crippen molar-refractivity contribution in [1.29, 1.82) is 0 Å². The highest BCUT2D eigenvalue weighted by atomic mass is 16.5. The highest BCUT2D eigenvalue weighted by Gasteiger charge is 2.25. The van der Waals surface area contributed by atoms with Crippen LogP contribution in [0.3, 0.4) is 0 Å². The first kappa shape index (κ1) is 13.9. The number of piperidine rings is 1. The molecule has 1 aromatic rings. The van der Waals surface area contributed by atoms with Crippen molar-refractivity contribution in [3.8, 4) is 5.75 Å². The van der Waals surface area contributed by atoms with Gasteiger partial charge < -0.3 is 20.3 Å². The molecule has 0 saturated carbocycles. The molecule has 19 heavy (non-hydrogen) atoms. The van der Waals surface area contributed by atoms with Crippen molar-refractivity contribution in [3.63, 3.8) is 0 Å². The van der Waals surface area contributed by atoms with Crippen LogP contribution in [0.2, 0.25) is 0 Å². The molecule has 2 unspecified atom stereocenters. The van der Waals surface area contributed by atoms with E-state index in [2.05, 4.69) is 39.5 Å². The van der Waals surface area contributed by atoms with Gasteiger partial charge in [0.15, 0.2) is 11.6 Å². The van der Waals surface area contributed by atoms with Gasteiger partial charge in [0.05, 0.1) is 7.11 Å². The summed E-state index contributed by atoms with van der Waals surface area (Å²) in [6.07, 6.45) is 2.66. The van der Waals surface area contributed by atoms with Crippen LogP contribution in [0, 0.1) is 5.92 Å². The molecular weight excluding hydrogens is 242 g/mol. The predicted octanol–water partition coefficient (Wildman–Crippen LogP) is 1.28. The Kier molecular flexibility index (Phi) is 4.42. The molecule has 1 aliphatic heterocycles. The van der Waals surface area contributed by atoms with Gasteiger partial charge in [0.25, 0.3) is 0 Å². The Morgan fingerprint density at radius 2 is 2.11 bits per heavy atom. The molecule has 0 aromatic carbocycles. The van der Waals surface area contributed by atoms with Gasteiger partial charge in [-0.2, -0.15) is 0 Å². The second kappa shape index (κ2) is 6.06. The van der Waals surface area contributed by atoms with Crippen molar-refractivity contribution in [2.75, 3.05) is 44.9 Å². The number of hydrogen-bond donors (Lipinski definition) is 2. The fourth-order valence-corrected chi connectivity index (χ4v) is 2.59. The number of nitrogens with zero attached hydrogens (tertiary/aromatic N) is 3. The Balaban J connectivity index is 2.14. The van der Waals surface area contributed by atoms with Gasteiger partial charge >= 0.3 is 0 Å². The van der Waals surface area contributed by atoms with E-state index in [4.69, 9.17) is 4.74 Å². The van der Waals surface area contributed by atoms with Crippen LogP contribution < -0.4 is 15.4 Å². The SMILES string of the molecule is CNc1ncnc(NC2CCN(C)CC2C)c1OC. The maximum Gasteiger partial charge on any atom is 0.204 e. The van der Waals surface area contributed by atoms with Crippen LogP contribution in [0.4, 0.5) is 11.6 Å². The minimum Gasteiger partial charge on any atom is -0.490 e. The Morgan fingerprint density at radius 3 is 2.74 bits per heavy atom. The number of anilines is 2. The second-order valence-corrected chi connectivity index (χ2v) is 5.13. The van der Waals surface area contributed by atoms with Crippen molar-refractivity contribution in [2.45, 2.75) is 19.4 Å². The average molecular weight is 265 g/mol. The molecule has 6 heteroatoms. The lowest BCUT2D eigenvalue weighted by Crippen LogP contribution is -2.43. The van der Waals surface area contributed by atoms with Gasteiger partial charge in [0.1, 0.15) is 6.33 Å². The van der Waals surface area contributed by atoms with Crippen LogP contribution in [-0.4, -0.2) is 55.2 Å². The third-order valence-electron chi connectivity index (χ3n) is 3.68. The van der Waals surface area contributed by atoms with Gasteiger partial charge in [-0.25, -0.2) is 9.97 Å². The highest BCUT2D eigenvalue weighted by molar-refractivity contribution is 5.63. The standard InChI is InChI=1S/C13H23N5O/c1-9-7-18(3)6-5-10(9)17-13-11(19-4)12(14-2)15-8-16-13/h8-10H,5-7H2,1-4H3,(H2,14,15,16,17). The van der Waals surface area contributed by atoms with E-state index in [-0.39, 0.29) is 0 Å². The molecule has 6 nitrogen and oxygen atoms in total. The Hall–Kier alpha value is -1.56. The quantitative estimate of drug-likeness (QED) is 0.855.